The predicted molar refractivity (Wildman–Crippen MR) is 81.6 cm³/mol. The van der Waals surface area contributed by atoms with Crippen LogP contribution in [0.15, 0.2) is 40.2 Å². The lowest BCUT2D eigenvalue weighted by Crippen LogP contribution is -1.98. The second-order valence-corrected chi connectivity index (χ2v) is 6.48. The molecule has 1 aromatic carbocycles. The minimum absolute atomic E-state index is 0.774. The fourth-order valence-corrected chi connectivity index (χ4v) is 2.95. The summed E-state index contributed by atoms with van der Waals surface area (Å²) < 4.78 is 6.71. The smallest absolute Gasteiger partial charge is 0.119 e. The Hall–Kier alpha value is -1.00. The van der Waals surface area contributed by atoms with Crippen molar-refractivity contribution in [2.24, 2.45) is 0 Å². The van der Waals surface area contributed by atoms with Crippen LogP contribution in [0.4, 0.5) is 5.69 Å². The Morgan fingerprint density at radius 2 is 1.94 bits per heavy atom. The first-order valence-corrected chi connectivity index (χ1v) is 7.60. The molecule has 4 heteroatoms. The lowest BCUT2D eigenvalue weighted by atomic mass is 10.3. The van der Waals surface area contributed by atoms with Crippen LogP contribution in [0.2, 0.25) is 0 Å². The zero-order valence-electron chi connectivity index (χ0n) is 10.3. The van der Waals surface area contributed by atoms with Gasteiger partial charge >= 0.3 is 0 Å². The summed E-state index contributed by atoms with van der Waals surface area (Å²) >= 11 is 5.22. The van der Waals surface area contributed by atoms with Crippen molar-refractivity contribution >= 4 is 33.0 Å². The van der Waals surface area contributed by atoms with E-state index < -0.39 is 0 Å². The number of thiophene rings is 1. The maximum Gasteiger partial charge on any atom is 0.119 e. The summed E-state index contributed by atoms with van der Waals surface area (Å²) in [7, 11) is 0. The molecular weight excluding hydrogens is 310 g/mol. The van der Waals surface area contributed by atoms with Crippen molar-refractivity contribution in [2.45, 2.75) is 19.9 Å². The summed E-state index contributed by atoms with van der Waals surface area (Å²) in [5.41, 5.74) is 1.11. The number of hydrogen-bond acceptors (Lipinski definition) is 3. The van der Waals surface area contributed by atoms with Crippen LogP contribution in [0.5, 0.6) is 5.75 Å². The zero-order chi connectivity index (χ0) is 12.8. The van der Waals surface area contributed by atoms with E-state index in [9.17, 15) is 0 Å². The monoisotopic (exact) mass is 325 g/mol. The van der Waals surface area contributed by atoms with Crippen molar-refractivity contribution in [2.75, 3.05) is 11.9 Å². The average Bonchev–Trinajstić information content (AvgIpc) is 2.81. The van der Waals surface area contributed by atoms with Gasteiger partial charge in [0, 0.05) is 17.1 Å². The Bertz CT molecular complexity index is 481. The summed E-state index contributed by atoms with van der Waals surface area (Å²) in [5.74, 6) is 0.932. The Morgan fingerprint density at radius 1 is 1.17 bits per heavy atom. The summed E-state index contributed by atoms with van der Waals surface area (Å²) in [6, 6.07) is 12.3. The molecule has 1 heterocycles. The van der Waals surface area contributed by atoms with Crippen molar-refractivity contribution in [1.82, 2.24) is 0 Å². The minimum atomic E-state index is 0.774. The molecule has 96 valence electrons. The van der Waals surface area contributed by atoms with E-state index in [-0.39, 0.29) is 0 Å². The standard InChI is InChI=1S/C14H16BrNOS/c1-2-9-17-12-5-3-11(4-6-12)16-10-13-7-8-14(15)18-13/h3-8,16H,2,9-10H2,1H3. The first-order chi connectivity index (χ1) is 8.78. The molecule has 1 aromatic heterocycles. The van der Waals surface area contributed by atoms with Gasteiger partial charge in [0.25, 0.3) is 0 Å². The van der Waals surface area contributed by atoms with Gasteiger partial charge in [0.1, 0.15) is 5.75 Å². The normalized spacial score (nSPS) is 10.3. The highest BCUT2D eigenvalue weighted by Crippen LogP contribution is 2.23. The van der Waals surface area contributed by atoms with Crippen LogP contribution in [0.25, 0.3) is 0 Å². The van der Waals surface area contributed by atoms with Crippen LogP contribution in [-0.4, -0.2) is 6.61 Å². The SMILES string of the molecule is CCCOc1ccc(NCc2ccc(Br)s2)cc1. The van der Waals surface area contributed by atoms with E-state index in [1.54, 1.807) is 11.3 Å². The van der Waals surface area contributed by atoms with E-state index in [2.05, 4.69) is 40.3 Å². The van der Waals surface area contributed by atoms with Gasteiger partial charge in [0.2, 0.25) is 0 Å². The quantitative estimate of drug-likeness (QED) is 0.814. The van der Waals surface area contributed by atoms with E-state index in [1.807, 2.05) is 24.3 Å². The highest BCUT2D eigenvalue weighted by atomic mass is 79.9. The second kappa shape index (κ2) is 6.81. The fraction of sp³-hybridized carbons (Fsp3) is 0.286. The minimum Gasteiger partial charge on any atom is -0.494 e. The molecule has 0 aliphatic rings. The Balaban J connectivity index is 1.86. The van der Waals surface area contributed by atoms with E-state index in [0.29, 0.717) is 0 Å². The molecule has 2 aromatic rings. The van der Waals surface area contributed by atoms with Crippen molar-refractivity contribution in [3.05, 3.63) is 45.1 Å². The van der Waals surface area contributed by atoms with Gasteiger partial charge in [-0.25, -0.2) is 0 Å². The molecule has 18 heavy (non-hydrogen) atoms. The predicted octanol–water partition coefficient (Wildman–Crippen LogP) is 4.91. The molecule has 0 spiro atoms. The van der Waals surface area contributed by atoms with E-state index in [1.165, 1.54) is 8.66 Å². The summed E-state index contributed by atoms with van der Waals surface area (Å²) in [6.45, 7) is 3.73. The van der Waals surface area contributed by atoms with Crippen LogP contribution in [0.3, 0.4) is 0 Å². The van der Waals surface area contributed by atoms with Gasteiger partial charge in [-0.1, -0.05) is 6.92 Å². The van der Waals surface area contributed by atoms with Crippen LogP contribution in [-0.2, 0) is 6.54 Å². The molecule has 0 aliphatic carbocycles. The van der Waals surface area contributed by atoms with Crippen molar-refractivity contribution in [3.63, 3.8) is 0 Å². The molecule has 1 N–H and O–H groups in total. The van der Waals surface area contributed by atoms with Crippen molar-refractivity contribution in [3.8, 4) is 5.75 Å². The first-order valence-electron chi connectivity index (χ1n) is 5.99. The third kappa shape index (κ3) is 4.03. The lowest BCUT2D eigenvalue weighted by Gasteiger charge is -2.07. The maximum atomic E-state index is 5.54. The molecule has 2 rings (SSSR count). The molecule has 0 fully saturated rings. The Morgan fingerprint density at radius 3 is 2.56 bits per heavy atom. The maximum absolute atomic E-state index is 5.54. The zero-order valence-corrected chi connectivity index (χ0v) is 12.7. The third-order valence-electron chi connectivity index (χ3n) is 2.42. The second-order valence-electron chi connectivity index (χ2n) is 3.93. The number of hydrogen-bond donors (Lipinski definition) is 1. The molecule has 0 saturated carbocycles. The Kier molecular flexibility index (Phi) is 5.08. The number of anilines is 1. The van der Waals surface area contributed by atoms with Gasteiger partial charge in [-0.3, -0.25) is 0 Å². The largest absolute Gasteiger partial charge is 0.494 e. The number of rotatable bonds is 6. The summed E-state index contributed by atoms with van der Waals surface area (Å²) in [5, 5.41) is 3.39. The van der Waals surface area contributed by atoms with Gasteiger partial charge in [0.05, 0.1) is 10.4 Å². The van der Waals surface area contributed by atoms with Gasteiger partial charge < -0.3 is 10.1 Å². The molecule has 0 aliphatic heterocycles. The van der Waals surface area contributed by atoms with Crippen LogP contribution in [0, 0.1) is 0 Å². The summed E-state index contributed by atoms with van der Waals surface area (Å²) in [6.07, 6.45) is 1.03. The molecule has 0 atom stereocenters. The highest BCUT2D eigenvalue weighted by molar-refractivity contribution is 9.11. The average molecular weight is 326 g/mol. The molecule has 0 radical (unpaired) electrons. The molecular formula is C14H16BrNOS. The summed E-state index contributed by atoms with van der Waals surface area (Å²) in [4.78, 5) is 1.31. The molecule has 0 amide bonds. The van der Waals surface area contributed by atoms with Gasteiger partial charge in [-0.15, -0.1) is 11.3 Å². The number of halogens is 1. The first kappa shape index (κ1) is 13.4. The van der Waals surface area contributed by atoms with Crippen LogP contribution in [0.1, 0.15) is 18.2 Å². The topological polar surface area (TPSA) is 21.3 Å². The fourth-order valence-electron chi connectivity index (χ4n) is 1.52. The van der Waals surface area contributed by atoms with E-state index in [0.717, 1.165) is 31.0 Å². The molecule has 0 bridgehead atoms. The lowest BCUT2D eigenvalue weighted by molar-refractivity contribution is 0.317. The highest BCUT2D eigenvalue weighted by Gasteiger charge is 1.98. The van der Waals surface area contributed by atoms with Crippen LogP contribution >= 0.6 is 27.3 Å². The number of nitrogens with one attached hydrogen (secondary N) is 1. The van der Waals surface area contributed by atoms with Crippen molar-refractivity contribution < 1.29 is 4.74 Å². The van der Waals surface area contributed by atoms with Gasteiger partial charge in [-0.2, -0.15) is 0 Å². The van der Waals surface area contributed by atoms with Crippen molar-refractivity contribution in [1.29, 1.82) is 0 Å². The number of benzene rings is 1. The molecule has 0 saturated heterocycles. The third-order valence-corrected chi connectivity index (χ3v) is 4.05. The molecule has 2 nitrogen and oxygen atoms in total. The van der Waals surface area contributed by atoms with Crippen LogP contribution < -0.4 is 10.1 Å². The van der Waals surface area contributed by atoms with E-state index >= 15 is 0 Å². The van der Waals surface area contributed by atoms with E-state index in [4.69, 9.17) is 4.74 Å². The Labute approximate surface area is 120 Å². The van der Waals surface area contributed by atoms with Gasteiger partial charge in [-0.05, 0) is 58.7 Å². The molecule has 0 unspecified atom stereocenters. The number of ether oxygens (including phenoxy) is 1. The van der Waals surface area contributed by atoms with Gasteiger partial charge in [0.15, 0.2) is 0 Å².